The molecular weight excluding hydrogens is 480 g/mol. The number of hydroxylamine groups is 1. The fourth-order valence-corrected chi connectivity index (χ4v) is 4.48. The number of carbonyl (C=O) groups is 2. The quantitative estimate of drug-likeness (QED) is 0.292. The smallest absolute Gasteiger partial charge is 0.271 e. The number of hydrogen-bond acceptors (Lipinski definition) is 8. The third-order valence-corrected chi connectivity index (χ3v) is 6.19. The first-order chi connectivity index (χ1) is 16.8. The predicted octanol–water partition coefficient (Wildman–Crippen LogP) is 4.21. The molecule has 2 heterocycles. The summed E-state index contributed by atoms with van der Waals surface area (Å²) in [5.74, 6) is -2.26. The van der Waals surface area contributed by atoms with Gasteiger partial charge in [0.25, 0.3) is 17.3 Å². The average molecular weight is 495 g/mol. The fraction of sp³-hybridized carbons (Fsp3) is 0.130. The van der Waals surface area contributed by atoms with E-state index in [9.17, 15) is 29.8 Å². The largest absolute Gasteiger partial charge is 0.273 e. The first-order valence-corrected chi connectivity index (χ1v) is 10.7. The Balaban J connectivity index is 1.57. The summed E-state index contributed by atoms with van der Waals surface area (Å²) in [5.41, 5.74) is 0.701. The molecule has 0 N–H and O–H groups in total. The minimum absolute atomic E-state index is 0.0627. The predicted molar refractivity (Wildman–Crippen MR) is 124 cm³/mol. The van der Waals surface area contributed by atoms with Crippen LogP contribution in [0, 0.1) is 26.1 Å². The third kappa shape index (κ3) is 3.76. The highest BCUT2D eigenvalue weighted by atomic mass is 35.5. The van der Waals surface area contributed by atoms with Crippen molar-refractivity contribution in [3.05, 3.63) is 104 Å². The number of benzene rings is 3. The van der Waals surface area contributed by atoms with E-state index in [4.69, 9.17) is 16.4 Å². The van der Waals surface area contributed by atoms with Gasteiger partial charge in [0.2, 0.25) is 5.91 Å². The van der Waals surface area contributed by atoms with E-state index in [0.29, 0.717) is 16.3 Å². The molecular formula is C23H15ClN4O7. The second kappa shape index (κ2) is 8.46. The lowest BCUT2D eigenvalue weighted by atomic mass is 9.90. The van der Waals surface area contributed by atoms with Crippen LogP contribution < -0.4 is 9.96 Å². The number of anilines is 2. The summed E-state index contributed by atoms with van der Waals surface area (Å²) in [6, 6.07) is 16.6. The van der Waals surface area contributed by atoms with E-state index >= 15 is 0 Å². The van der Waals surface area contributed by atoms with E-state index < -0.39 is 39.7 Å². The Labute approximate surface area is 202 Å². The van der Waals surface area contributed by atoms with E-state index in [1.807, 2.05) is 0 Å². The molecule has 2 aliphatic rings. The number of rotatable bonds is 5. The standard InChI is InChI=1S/C23H15ClN4O7/c24-14-6-10-15(11-7-14)26-20(13-4-8-16(9-5-13)27(31)32)19-21(35-26)23(30)25(22(19)29)17-2-1-3-18(12-17)28(33)34/h1-12,19-21H/t19-,20+,21+/m0/s1. The van der Waals surface area contributed by atoms with Crippen LogP contribution in [0.25, 0.3) is 0 Å². The normalized spacial score (nSPS) is 21.3. The summed E-state index contributed by atoms with van der Waals surface area (Å²) < 4.78 is 0. The van der Waals surface area contributed by atoms with Gasteiger partial charge in [0, 0.05) is 29.3 Å². The van der Waals surface area contributed by atoms with E-state index in [1.165, 1.54) is 47.5 Å². The number of nitrogens with zero attached hydrogens (tertiary/aromatic N) is 4. The lowest BCUT2D eigenvalue weighted by Crippen LogP contribution is -2.37. The molecule has 0 radical (unpaired) electrons. The molecule has 2 saturated heterocycles. The minimum atomic E-state index is -1.20. The van der Waals surface area contributed by atoms with E-state index in [1.54, 1.807) is 24.3 Å². The van der Waals surface area contributed by atoms with Crippen LogP contribution in [0.3, 0.4) is 0 Å². The van der Waals surface area contributed by atoms with E-state index in [2.05, 4.69) is 0 Å². The molecule has 2 aliphatic heterocycles. The van der Waals surface area contributed by atoms with Crippen LogP contribution in [0.4, 0.5) is 22.7 Å². The Morgan fingerprint density at radius 1 is 0.800 bits per heavy atom. The first-order valence-electron chi connectivity index (χ1n) is 10.3. The van der Waals surface area contributed by atoms with E-state index in [-0.39, 0.29) is 17.1 Å². The van der Waals surface area contributed by atoms with Crippen LogP contribution in [-0.4, -0.2) is 27.8 Å². The summed E-state index contributed by atoms with van der Waals surface area (Å²) in [6.45, 7) is 0. The highest BCUT2D eigenvalue weighted by molar-refractivity contribution is 6.30. The van der Waals surface area contributed by atoms with Gasteiger partial charge in [-0.15, -0.1) is 0 Å². The highest BCUT2D eigenvalue weighted by Gasteiger charge is 2.60. The van der Waals surface area contributed by atoms with Crippen molar-refractivity contribution in [1.29, 1.82) is 0 Å². The van der Waals surface area contributed by atoms with Gasteiger partial charge in [-0.05, 0) is 35.9 Å². The van der Waals surface area contributed by atoms with Crippen molar-refractivity contribution in [2.45, 2.75) is 12.1 Å². The molecule has 3 atom stereocenters. The number of hydrogen-bond donors (Lipinski definition) is 0. The number of amides is 2. The summed E-state index contributed by atoms with van der Waals surface area (Å²) in [5, 5.41) is 24.2. The maximum absolute atomic E-state index is 13.6. The van der Waals surface area contributed by atoms with Crippen molar-refractivity contribution in [2.24, 2.45) is 5.92 Å². The Kier molecular flexibility index (Phi) is 5.42. The third-order valence-electron chi connectivity index (χ3n) is 5.94. The average Bonchev–Trinajstić information content (AvgIpc) is 3.35. The topological polar surface area (TPSA) is 136 Å². The molecule has 5 rings (SSSR count). The molecule has 11 nitrogen and oxygen atoms in total. The lowest BCUT2D eigenvalue weighted by molar-refractivity contribution is -0.385. The van der Waals surface area contributed by atoms with Gasteiger partial charge < -0.3 is 0 Å². The van der Waals surface area contributed by atoms with Gasteiger partial charge >= 0.3 is 0 Å². The van der Waals surface area contributed by atoms with Crippen LogP contribution in [-0.2, 0) is 14.4 Å². The molecule has 3 aromatic rings. The number of carbonyl (C=O) groups excluding carboxylic acids is 2. The second-order valence-corrected chi connectivity index (χ2v) is 8.37. The maximum Gasteiger partial charge on any atom is 0.271 e. The molecule has 3 aromatic carbocycles. The Hall–Kier alpha value is -4.35. The highest BCUT2D eigenvalue weighted by Crippen LogP contribution is 2.48. The zero-order chi connectivity index (χ0) is 24.9. The summed E-state index contributed by atoms with van der Waals surface area (Å²) in [4.78, 5) is 54.9. The number of nitro benzene ring substituents is 2. The van der Waals surface area contributed by atoms with Crippen molar-refractivity contribution in [3.63, 3.8) is 0 Å². The van der Waals surface area contributed by atoms with Crippen molar-refractivity contribution in [1.82, 2.24) is 0 Å². The summed E-state index contributed by atoms with van der Waals surface area (Å²) >= 11 is 6.00. The molecule has 0 spiro atoms. The Bertz CT molecular complexity index is 1360. The van der Waals surface area contributed by atoms with Crippen LogP contribution in [0.5, 0.6) is 0 Å². The minimum Gasteiger partial charge on any atom is -0.273 e. The van der Waals surface area contributed by atoms with Crippen LogP contribution in [0.15, 0.2) is 72.8 Å². The van der Waals surface area contributed by atoms with Crippen molar-refractivity contribution < 1.29 is 24.3 Å². The molecule has 0 aliphatic carbocycles. The van der Waals surface area contributed by atoms with Gasteiger partial charge in [-0.2, -0.15) is 0 Å². The van der Waals surface area contributed by atoms with Crippen molar-refractivity contribution >= 4 is 46.2 Å². The van der Waals surface area contributed by atoms with Gasteiger partial charge in [0.15, 0.2) is 6.10 Å². The molecule has 0 bridgehead atoms. The number of imide groups is 1. The van der Waals surface area contributed by atoms with Crippen LogP contribution >= 0.6 is 11.6 Å². The second-order valence-electron chi connectivity index (χ2n) is 7.94. The summed E-state index contributed by atoms with van der Waals surface area (Å²) in [7, 11) is 0. The monoisotopic (exact) mass is 494 g/mol. The Morgan fingerprint density at radius 3 is 2.09 bits per heavy atom. The molecule has 35 heavy (non-hydrogen) atoms. The van der Waals surface area contributed by atoms with Crippen molar-refractivity contribution in [2.75, 3.05) is 9.96 Å². The molecule has 0 saturated carbocycles. The molecule has 176 valence electrons. The number of nitro groups is 2. The zero-order valence-electron chi connectivity index (χ0n) is 17.7. The molecule has 0 aromatic heterocycles. The Morgan fingerprint density at radius 2 is 1.46 bits per heavy atom. The van der Waals surface area contributed by atoms with Crippen LogP contribution in [0.1, 0.15) is 11.6 Å². The lowest BCUT2D eigenvalue weighted by Gasteiger charge is -2.28. The van der Waals surface area contributed by atoms with Gasteiger partial charge in [0.05, 0.1) is 27.3 Å². The maximum atomic E-state index is 13.6. The van der Waals surface area contributed by atoms with Gasteiger partial charge in [-0.1, -0.05) is 29.8 Å². The molecule has 2 fully saturated rings. The molecule has 12 heteroatoms. The molecule has 0 unspecified atom stereocenters. The van der Waals surface area contributed by atoms with Gasteiger partial charge in [-0.25, -0.2) is 9.96 Å². The number of halogens is 1. The van der Waals surface area contributed by atoms with Gasteiger partial charge in [0.1, 0.15) is 5.92 Å². The first kappa shape index (κ1) is 22.4. The number of fused-ring (bicyclic) bond motifs is 1. The van der Waals surface area contributed by atoms with Gasteiger partial charge in [-0.3, -0.25) is 34.7 Å². The molecule has 2 amide bonds. The SMILES string of the molecule is O=C1[C@H]2[C@@H](c3ccc([N+](=O)[O-])cc3)N(c3ccc(Cl)cc3)O[C@H]2C(=O)N1c1cccc([N+](=O)[O-])c1. The summed E-state index contributed by atoms with van der Waals surface area (Å²) in [6.07, 6.45) is -1.20. The zero-order valence-corrected chi connectivity index (χ0v) is 18.4. The van der Waals surface area contributed by atoms with Crippen LogP contribution in [0.2, 0.25) is 5.02 Å². The van der Waals surface area contributed by atoms with E-state index in [0.717, 1.165) is 11.0 Å². The number of non-ortho nitro benzene ring substituents is 2. The van der Waals surface area contributed by atoms with Crippen molar-refractivity contribution in [3.8, 4) is 0 Å². The fourth-order valence-electron chi connectivity index (χ4n) is 4.36.